The normalized spacial score (nSPS) is 11.1. The molecule has 0 aliphatic heterocycles. The van der Waals surface area contributed by atoms with Crippen LogP contribution in [0.15, 0.2) is 77.9 Å². The zero-order valence-electron chi connectivity index (χ0n) is 14.6. The molecule has 0 saturated carbocycles. The predicted molar refractivity (Wildman–Crippen MR) is 109 cm³/mol. The molecule has 140 valence electrons. The lowest BCUT2D eigenvalue weighted by molar-refractivity contribution is 0.0734. The molecule has 0 amide bonds. The first kappa shape index (κ1) is 19.1. The SMILES string of the molecule is N/N=C(/C(=O)c1ccc(N)cc1)c1ccc(OC(=O)c2ccc(Cl)cc2)cc1. The number of anilines is 1. The second-order valence-corrected chi connectivity index (χ2v) is 6.29. The van der Waals surface area contributed by atoms with Crippen LogP contribution in [0.1, 0.15) is 26.3 Å². The third-order valence-electron chi connectivity index (χ3n) is 3.94. The topological polar surface area (TPSA) is 108 Å². The van der Waals surface area contributed by atoms with E-state index >= 15 is 0 Å². The van der Waals surface area contributed by atoms with E-state index in [9.17, 15) is 9.59 Å². The van der Waals surface area contributed by atoms with Crippen LogP contribution in [0.4, 0.5) is 5.69 Å². The van der Waals surface area contributed by atoms with E-state index in [1.807, 2.05) is 0 Å². The Morgan fingerprint density at radius 1 is 0.786 bits per heavy atom. The van der Waals surface area contributed by atoms with Gasteiger partial charge in [0.25, 0.3) is 0 Å². The van der Waals surface area contributed by atoms with Crippen LogP contribution in [0.3, 0.4) is 0 Å². The summed E-state index contributed by atoms with van der Waals surface area (Å²) >= 11 is 5.81. The zero-order chi connectivity index (χ0) is 20.1. The molecule has 0 fully saturated rings. The highest BCUT2D eigenvalue weighted by Crippen LogP contribution is 2.18. The van der Waals surface area contributed by atoms with Crippen molar-refractivity contribution in [1.82, 2.24) is 0 Å². The predicted octanol–water partition coefficient (Wildman–Crippen LogP) is 3.69. The smallest absolute Gasteiger partial charge is 0.343 e. The highest BCUT2D eigenvalue weighted by Gasteiger charge is 2.17. The monoisotopic (exact) mass is 393 g/mol. The fourth-order valence-corrected chi connectivity index (χ4v) is 2.59. The molecule has 0 spiro atoms. The first-order chi connectivity index (χ1) is 13.5. The minimum atomic E-state index is -0.518. The Kier molecular flexibility index (Phi) is 5.72. The van der Waals surface area contributed by atoms with E-state index in [1.54, 1.807) is 72.8 Å². The van der Waals surface area contributed by atoms with E-state index in [0.717, 1.165) is 0 Å². The number of hydrogen-bond acceptors (Lipinski definition) is 6. The third kappa shape index (κ3) is 4.36. The number of benzene rings is 3. The van der Waals surface area contributed by atoms with Crippen LogP contribution in [0.5, 0.6) is 5.75 Å². The number of nitrogen functional groups attached to an aromatic ring is 1. The van der Waals surface area contributed by atoms with Crippen molar-refractivity contribution in [2.45, 2.75) is 0 Å². The number of ketones is 1. The van der Waals surface area contributed by atoms with Gasteiger partial charge in [-0.3, -0.25) is 4.79 Å². The van der Waals surface area contributed by atoms with Crippen LogP contribution in [-0.2, 0) is 0 Å². The molecule has 0 aromatic heterocycles. The van der Waals surface area contributed by atoms with Gasteiger partial charge in [0, 0.05) is 21.8 Å². The summed E-state index contributed by atoms with van der Waals surface area (Å²) in [6, 6.07) is 19.1. The minimum absolute atomic E-state index is 0.0837. The molecule has 3 rings (SSSR count). The summed E-state index contributed by atoms with van der Waals surface area (Å²) in [4.78, 5) is 24.8. The zero-order valence-corrected chi connectivity index (χ0v) is 15.4. The Hall–Kier alpha value is -3.64. The molecule has 0 saturated heterocycles. The van der Waals surface area contributed by atoms with E-state index in [-0.39, 0.29) is 11.5 Å². The van der Waals surface area contributed by atoms with Crippen LogP contribution in [0.25, 0.3) is 0 Å². The first-order valence-electron chi connectivity index (χ1n) is 8.24. The van der Waals surface area contributed by atoms with Gasteiger partial charge in [0.05, 0.1) is 5.56 Å². The third-order valence-corrected chi connectivity index (χ3v) is 4.19. The second kappa shape index (κ2) is 8.37. The van der Waals surface area contributed by atoms with Crippen molar-refractivity contribution in [1.29, 1.82) is 0 Å². The standard InChI is InChI=1S/C21H16ClN3O3/c22-16-7-1-15(2-8-16)21(27)28-18-11-5-13(6-12-18)19(25-24)20(26)14-3-9-17(23)10-4-14/h1-12H,23-24H2/b25-19+. The number of nitrogens with zero attached hydrogens (tertiary/aromatic N) is 1. The van der Waals surface area contributed by atoms with E-state index in [4.69, 9.17) is 27.9 Å². The molecule has 3 aromatic carbocycles. The molecule has 0 atom stereocenters. The maximum absolute atomic E-state index is 12.6. The molecule has 0 heterocycles. The van der Waals surface area contributed by atoms with Gasteiger partial charge in [-0.1, -0.05) is 11.6 Å². The van der Waals surface area contributed by atoms with Crippen LogP contribution in [-0.4, -0.2) is 17.5 Å². The number of nitrogens with two attached hydrogens (primary N) is 2. The van der Waals surface area contributed by atoms with Gasteiger partial charge in [0.2, 0.25) is 5.78 Å². The summed E-state index contributed by atoms with van der Waals surface area (Å²) in [7, 11) is 0. The Bertz CT molecular complexity index is 1030. The molecule has 7 heteroatoms. The quantitative estimate of drug-likeness (QED) is 0.131. The molecule has 0 unspecified atom stereocenters. The Balaban J connectivity index is 1.75. The number of ether oxygens (including phenoxy) is 1. The molecule has 6 nitrogen and oxygen atoms in total. The van der Waals surface area contributed by atoms with E-state index in [2.05, 4.69) is 5.10 Å². The van der Waals surface area contributed by atoms with E-state index in [0.29, 0.717) is 33.1 Å². The molecule has 0 aliphatic carbocycles. The van der Waals surface area contributed by atoms with Crippen molar-refractivity contribution in [3.8, 4) is 5.75 Å². The number of Topliss-reactive ketones (excluding diaryl/α,β-unsaturated/α-hetero) is 1. The maximum atomic E-state index is 12.6. The van der Waals surface area contributed by atoms with Crippen molar-refractivity contribution >= 4 is 34.8 Å². The maximum Gasteiger partial charge on any atom is 0.343 e. The lowest BCUT2D eigenvalue weighted by Crippen LogP contribution is -2.18. The lowest BCUT2D eigenvalue weighted by atomic mass is 10.0. The first-order valence-corrected chi connectivity index (χ1v) is 8.62. The van der Waals surface area contributed by atoms with Gasteiger partial charge in [0.15, 0.2) is 0 Å². The Labute approximate surface area is 166 Å². The fraction of sp³-hybridized carbons (Fsp3) is 0. The number of hydrazone groups is 1. The van der Waals surface area contributed by atoms with Crippen LogP contribution in [0.2, 0.25) is 5.02 Å². The average Bonchev–Trinajstić information content (AvgIpc) is 2.70. The van der Waals surface area contributed by atoms with Crippen molar-refractivity contribution < 1.29 is 14.3 Å². The summed E-state index contributed by atoms with van der Waals surface area (Å²) in [5, 5.41) is 4.15. The van der Waals surface area contributed by atoms with Gasteiger partial charge in [-0.15, -0.1) is 0 Å². The van der Waals surface area contributed by atoms with E-state index < -0.39 is 5.97 Å². The highest BCUT2D eigenvalue weighted by molar-refractivity contribution is 6.51. The number of rotatable bonds is 5. The Morgan fingerprint density at radius 3 is 1.89 bits per heavy atom. The fourth-order valence-electron chi connectivity index (χ4n) is 2.47. The number of hydrogen-bond donors (Lipinski definition) is 2. The van der Waals surface area contributed by atoms with Crippen LogP contribution in [0, 0.1) is 0 Å². The molecular weight excluding hydrogens is 378 g/mol. The van der Waals surface area contributed by atoms with Gasteiger partial charge in [-0.25, -0.2) is 4.79 Å². The van der Waals surface area contributed by atoms with Crippen molar-refractivity contribution in [2.24, 2.45) is 10.9 Å². The second-order valence-electron chi connectivity index (χ2n) is 5.85. The van der Waals surface area contributed by atoms with Crippen LogP contribution >= 0.6 is 11.6 Å². The molecular formula is C21H16ClN3O3. The van der Waals surface area contributed by atoms with Crippen molar-refractivity contribution in [3.05, 3.63) is 94.5 Å². The number of carbonyl (C=O) groups excluding carboxylic acids is 2. The van der Waals surface area contributed by atoms with Crippen molar-refractivity contribution in [3.63, 3.8) is 0 Å². The summed E-state index contributed by atoms with van der Waals surface area (Å²) in [6.45, 7) is 0. The lowest BCUT2D eigenvalue weighted by Gasteiger charge is -2.08. The average molecular weight is 394 g/mol. The molecule has 28 heavy (non-hydrogen) atoms. The summed E-state index contributed by atoms with van der Waals surface area (Å²) in [6.07, 6.45) is 0. The van der Waals surface area contributed by atoms with Gasteiger partial charge in [-0.2, -0.15) is 5.10 Å². The van der Waals surface area contributed by atoms with Gasteiger partial charge < -0.3 is 16.3 Å². The minimum Gasteiger partial charge on any atom is -0.423 e. The number of halogens is 1. The van der Waals surface area contributed by atoms with E-state index in [1.165, 1.54) is 0 Å². The number of esters is 1. The molecule has 3 aromatic rings. The number of carbonyl (C=O) groups is 2. The molecule has 0 bridgehead atoms. The molecule has 4 N–H and O–H groups in total. The summed E-state index contributed by atoms with van der Waals surface area (Å²) < 4.78 is 5.32. The van der Waals surface area contributed by atoms with Crippen molar-refractivity contribution in [2.75, 3.05) is 5.73 Å². The Morgan fingerprint density at radius 2 is 1.32 bits per heavy atom. The van der Waals surface area contributed by atoms with Gasteiger partial charge >= 0.3 is 5.97 Å². The molecule has 0 radical (unpaired) electrons. The summed E-state index contributed by atoms with van der Waals surface area (Å²) in [5.74, 6) is 4.89. The van der Waals surface area contributed by atoms with Gasteiger partial charge in [-0.05, 0) is 72.8 Å². The van der Waals surface area contributed by atoms with Gasteiger partial charge in [0.1, 0.15) is 11.5 Å². The highest BCUT2D eigenvalue weighted by atomic mass is 35.5. The summed E-state index contributed by atoms with van der Waals surface area (Å²) in [5.41, 5.74) is 7.55. The largest absolute Gasteiger partial charge is 0.423 e. The molecule has 0 aliphatic rings. The van der Waals surface area contributed by atoms with Crippen LogP contribution < -0.4 is 16.3 Å².